The fraction of sp³-hybridized carbons (Fsp3) is 0.214. The molecule has 1 aromatic heterocycles. The third-order valence-electron chi connectivity index (χ3n) is 2.92. The zero-order valence-corrected chi connectivity index (χ0v) is 12.8. The fourth-order valence-electron chi connectivity index (χ4n) is 1.98. The lowest BCUT2D eigenvalue weighted by Crippen LogP contribution is -2.25. The summed E-state index contributed by atoms with van der Waals surface area (Å²) in [5.41, 5.74) is -1.34. The summed E-state index contributed by atoms with van der Waals surface area (Å²) < 4.78 is 63.7. The molecule has 124 valence electrons. The summed E-state index contributed by atoms with van der Waals surface area (Å²) in [5.74, 6) is 0. The Bertz CT molecular complexity index is 873. The quantitative estimate of drug-likeness (QED) is 0.924. The third-order valence-corrected chi connectivity index (χ3v) is 3.51. The molecule has 0 radical (unpaired) electrons. The lowest BCUT2D eigenvalue weighted by atomic mass is 10.1. The average Bonchev–Trinajstić information content (AvgIpc) is 2.41. The molecule has 0 bridgehead atoms. The highest BCUT2D eigenvalue weighted by Crippen LogP contribution is 2.29. The maximum Gasteiger partial charge on any atom is 0.416 e. The first kappa shape index (κ1) is 17.1. The molecule has 0 amide bonds. The van der Waals surface area contributed by atoms with E-state index >= 15 is 0 Å². The molecule has 1 heterocycles. The molecule has 0 aliphatic heterocycles. The minimum atomic E-state index is -4.47. The van der Waals surface area contributed by atoms with Crippen LogP contribution in [0.25, 0.3) is 0 Å². The van der Waals surface area contributed by atoms with Crippen molar-refractivity contribution < 1.29 is 21.6 Å². The number of halogens is 3. The van der Waals surface area contributed by atoms with Crippen molar-refractivity contribution in [1.29, 1.82) is 0 Å². The highest BCUT2D eigenvalue weighted by Gasteiger charge is 2.30. The minimum Gasteiger partial charge on any atom is -0.309 e. The summed E-state index contributed by atoms with van der Waals surface area (Å²) in [6.07, 6.45) is -2.20. The van der Waals surface area contributed by atoms with Gasteiger partial charge in [0.2, 0.25) is 10.0 Å². The van der Waals surface area contributed by atoms with Crippen molar-refractivity contribution in [2.75, 3.05) is 11.0 Å². The van der Waals surface area contributed by atoms with Crippen molar-refractivity contribution in [3.8, 4) is 0 Å². The number of pyridine rings is 1. The number of rotatable bonds is 4. The zero-order valence-electron chi connectivity index (χ0n) is 12.0. The van der Waals surface area contributed by atoms with E-state index in [0.29, 0.717) is 0 Å². The molecule has 9 heteroatoms. The van der Waals surface area contributed by atoms with E-state index in [0.717, 1.165) is 23.0 Å². The van der Waals surface area contributed by atoms with Gasteiger partial charge in [0.15, 0.2) is 0 Å². The molecule has 0 saturated carbocycles. The summed E-state index contributed by atoms with van der Waals surface area (Å²) in [7, 11) is -3.63. The van der Waals surface area contributed by atoms with Crippen LogP contribution in [0.4, 0.5) is 18.9 Å². The summed E-state index contributed by atoms with van der Waals surface area (Å²) >= 11 is 0. The van der Waals surface area contributed by atoms with Gasteiger partial charge in [0.25, 0.3) is 5.56 Å². The average molecular weight is 346 g/mol. The Labute approximate surface area is 130 Å². The molecule has 23 heavy (non-hydrogen) atoms. The van der Waals surface area contributed by atoms with Crippen LogP contribution >= 0.6 is 0 Å². The number of aromatic nitrogens is 1. The second-order valence-corrected chi connectivity index (χ2v) is 6.68. The van der Waals surface area contributed by atoms with Gasteiger partial charge < -0.3 is 4.57 Å². The molecule has 1 aromatic carbocycles. The van der Waals surface area contributed by atoms with Crippen LogP contribution in [-0.4, -0.2) is 19.2 Å². The highest BCUT2D eigenvalue weighted by molar-refractivity contribution is 7.92. The summed E-state index contributed by atoms with van der Waals surface area (Å²) in [4.78, 5) is 12.1. The Morgan fingerprint density at radius 1 is 1.17 bits per heavy atom. The van der Waals surface area contributed by atoms with E-state index < -0.39 is 27.3 Å². The second-order valence-electron chi connectivity index (χ2n) is 4.93. The van der Waals surface area contributed by atoms with Crippen molar-refractivity contribution in [2.24, 2.45) is 0 Å². The predicted octanol–water partition coefficient (Wildman–Crippen LogP) is 2.29. The van der Waals surface area contributed by atoms with Crippen molar-refractivity contribution in [3.05, 3.63) is 64.1 Å². The van der Waals surface area contributed by atoms with Crippen LogP contribution in [0.1, 0.15) is 11.1 Å². The largest absolute Gasteiger partial charge is 0.416 e. The van der Waals surface area contributed by atoms with Crippen molar-refractivity contribution in [1.82, 2.24) is 4.57 Å². The first-order valence-electron chi connectivity index (χ1n) is 6.40. The van der Waals surface area contributed by atoms with Gasteiger partial charge in [-0.2, -0.15) is 13.2 Å². The van der Waals surface area contributed by atoms with Crippen LogP contribution in [0.2, 0.25) is 0 Å². The molecule has 0 aliphatic rings. The van der Waals surface area contributed by atoms with E-state index in [1.54, 1.807) is 0 Å². The number of hydrogen-bond acceptors (Lipinski definition) is 3. The Kier molecular flexibility index (Phi) is 4.51. The molecular weight excluding hydrogens is 333 g/mol. The van der Waals surface area contributed by atoms with Crippen LogP contribution in [0.15, 0.2) is 47.4 Å². The first-order chi connectivity index (χ1) is 10.6. The molecular formula is C14H13F3N2O3S. The highest BCUT2D eigenvalue weighted by atomic mass is 32.2. The number of sulfonamides is 1. The van der Waals surface area contributed by atoms with Gasteiger partial charge in [0.05, 0.1) is 18.4 Å². The van der Waals surface area contributed by atoms with Gasteiger partial charge in [-0.25, -0.2) is 8.42 Å². The summed E-state index contributed by atoms with van der Waals surface area (Å²) in [5, 5.41) is 0. The number of alkyl halides is 3. The minimum absolute atomic E-state index is 0.109. The number of benzene rings is 1. The summed E-state index contributed by atoms with van der Waals surface area (Å²) in [6.45, 7) is -0.109. The van der Waals surface area contributed by atoms with Crippen LogP contribution in [0.5, 0.6) is 0 Å². The van der Waals surface area contributed by atoms with Crippen molar-refractivity contribution >= 4 is 15.7 Å². The maximum atomic E-state index is 12.7. The van der Waals surface area contributed by atoms with E-state index in [1.807, 2.05) is 0 Å². The maximum absolute atomic E-state index is 12.7. The van der Waals surface area contributed by atoms with Crippen LogP contribution in [0, 0.1) is 0 Å². The molecule has 0 spiro atoms. The van der Waals surface area contributed by atoms with Crippen LogP contribution in [-0.2, 0) is 22.7 Å². The van der Waals surface area contributed by atoms with Crippen molar-refractivity contribution in [2.45, 2.75) is 12.7 Å². The molecule has 5 nitrogen and oxygen atoms in total. The monoisotopic (exact) mass is 346 g/mol. The van der Waals surface area contributed by atoms with Gasteiger partial charge in [-0.15, -0.1) is 0 Å². The number of hydrogen-bond donors (Lipinski definition) is 1. The van der Waals surface area contributed by atoms with E-state index in [9.17, 15) is 26.4 Å². The van der Waals surface area contributed by atoms with Gasteiger partial charge in [-0.1, -0.05) is 12.1 Å². The Morgan fingerprint density at radius 2 is 1.87 bits per heavy atom. The Morgan fingerprint density at radius 3 is 2.48 bits per heavy atom. The number of nitrogens with one attached hydrogen (secondary N) is 1. The SMILES string of the molecule is CS(=O)(=O)Nc1cccn(Cc2cccc(C(F)(F)F)c2)c1=O. The molecule has 0 unspecified atom stereocenters. The van der Waals surface area contributed by atoms with Crippen molar-refractivity contribution in [3.63, 3.8) is 0 Å². The molecule has 0 atom stereocenters. The molecule has 0 fully saturated rings. The number of nitrogens with zero attached hydrogens (tertiary/aromatic N) is 1. The lowest BCUT2D eigenvalue weighted by molar-refractivity contribution is -0.137. The van der Waals surface area contributed by atoms with Gasteiger partial charge in [-0.05, 0) is 29.8 Å². The van der Waals surface area contributed by atoms with Gasteiger partial charge >= 0.3 is 6.18 Å². The van der Waals surface area contributed by atoms with Crippen LogP contribution < -0.4 is 10.3 Å². The number of anilines is 1. The van der Waals surface area contributed by atoms with E-state index in [1.165, 1.54) is 30.5 Å². The van der Waals surface area contributed by atoms with Gasteiger partial charge in [-0.3, -0.25) is 9.52 Å². The first-order valence-corrected chi connectivity index (χ1v) is 8.29. The van der Waals surface area contributed by atoms with Gasteiger partial charge in [0, 0.05) is 6.20 Å². The third kappa shape index (κ3) is 4.59. The smallest absolute Gasteiger partial charge is 0.309 e. The van der Waals surface area contributed by atoms with E-state index in [4.69, 9.17) is 0 Å². The predicted molar refractivity (Wildman–Crippen MR) is 79.7 cm³/mol. The molecule has 1 N–H and O–H groups in total. The molecule has 2 aromatic rings. The fourth-order valence-corrected chi connectivity index (χ4v) is 2.54. The van der Waals surface area contributed by atoms with E-state index in [-0.39, 0.29) is 17.8 Å². The summed E-state index contributed by atoms with van der Waals surface area (Å²) in [6, 6.07) is 7.31. The normalized spacial score (nSPS) is 12.2. The van der Waals surface area contributed by atoms with E-state index in [2.05, 4.69) is 4.72 Å². The second kappa shape index (κ2) is 6.07. The lowest BCUT2D eigenvalue weighted by Gasteiger charge is -2.11. The van der Waals surface area contributed by atoms with Gasteiger partial charge in [0.1, 0.15) is 5.69 Å². The molecule has 2 rings (SSSR count). The molecule has 0 aliphatic carbocycles. The Hall–Kier alpha value is -2.29. The molecule has 0 saturated heterocycles. The zero-order chi connectivity index (χ0) is 17.3. The standard InChI is InChI=1S/C14H13F3N2O3S/c1-23(21,22)18-12-6-3-7-19(13(12)20)9-10-4-2-5-11(8-10)14(15,16)17/h2-8,18H,9H2,1H3. The van der Waals surface area contributed by atoms with Crippen LogP contribution in [0.3, 0.4) is 0 Å². The Balaban J connectivity index is 2.35. The topological polar surface area (TPSA) is 68.2 Å².